The van der Waals surface area contributed by atoms with Gasteiger partial charge in [0.15, 0.2) is 0 Å². The summed E-state index contributed by atoms with van der Waals surface area (Å²) in [5, 5.41) is 2.68. The van der Waals surface area contributed by atoms with Crippen molar-refractivity contribution in [2.45, 2.75) is 50.7 Å². The summed E-state index contributed by atoms with van der Waals surface area (Å²) in [6, 6.07) is 0. The van der Waals surface area contributed by atoms with Crippen molar-refractivity contribution in [2.24, 2.45) is 5.41 Å². The second-order valence-electron chi connectivity index (χ2n) is 6.25. The monoisotopic (exact) mass is 278 g/mol. The number of carbonyl (C=O) groups is 1. The molecule has 19 heavy (non-hydrogen) atoms. The molecular weight excluding hydrogens is 257 g/mol. The van der Waals surface area contributed by atoms with Crippen LogP contribution >= 0.6 is 0 Å². The van der Waals surface area contributed by atoms with Gasteiger partial charge in [-0.2, -0.15) is 13.2 Å². The molecule has 0 spiro atoms. The first-order valence-electron chi connectivity index (χ1n) is 6.76. The quantitative estimate of drug-likeness (QED) is 0.840. The van der Waals surface area contributed by atoms with Crippen molar-refractivity contribution < 1.29 is 18.0 Å². The molecule has 2 fully saturated rings. The Kier molecular flexibility index (Phi) is 3.58. The topological polar surface area (TPSA) is 32.3 Å². The van der Waals surface area contributed by atoms with Gasteiger partial charge >= 0.3 is 6.18 Å². The number of hydrogen-bond donors (Lipinski definition) is 1. The van der Waals surface area contributed by atoms with Crippen LogP contribution in [0.25, 0.3) is 0 Å². The molecule has 1 amide bonds. The lowest BCUT2D eigenvalue weighted by atomic mass is 9.67. The van der Waals surface area contributed by atoms with Crippen molar-refractivity contribution >= 4 is 5.91 Å². The molecule has 1 saturated heterocycles. The van der Waals surface area contributed by atoms with Gasteiger partial charge in [-0.15, -0.1) is 0 Å². The maximum atomic E-state index is 13.1. The van der Waals surface area contributed by atoms with Crippen LogP contribution in [0.4, 0.5) is 13.2 Å². The van der Waals surface area contributed by atoms with Crippen molar-refractivity contribution in [1.82, 2.24) is 10.2 Å². The average Bonchev–Trinajstić information content (AvgIpc) is 2.18. The molecule has 110 valence electrons. The van der Waals surface area contributed by atoms with Crippen LogP contribution in [-0.4, -0.2) is 42.7 Å². The summed E-state index contributed by atoms with van der Waals surface area (Å²) in [5.74, 6) is -0.821. The molecule has 1 aliphatic heterocycles. The van der Waals surface area contributed by atoms with Crippen LogP contribution in [-0.2, 0) is 4.79 Å². The molecule has 0 unspecified atom stereocenters. The lowest BCUT2D eigenvalue weighted by Gasteiger charge is -2.45. The zero-order valence-electron chi connectivity index (χ0n) is 11.4. The van der Waals surface area contributed by atoms with E-state index in [9.17, 15) is 18.0 Å². The van der Waals surface area contributed by atoms with Gasteiger partial charge in [-0.05, 0) is 39.7 Å². The van der Waals surface area contributed by atoms with Crippen LogP contribution in [0, 0.1) is 5.41 Å². The van der Waals surface area contributed by atoms with Crippen LogP contribution in [0.2, 0.25) is 0 Å². The summed E-state index contributed by atoms with van der Waals surface area (Å²) in [6.07, 6.45) is -2.70. The molecule has 0 bridgehead atoms. The fourth-order valence-electron chi connectivity index (χ4n) is 2.80. The highest BCUT2D eigenvalue weighted by Gasteiger charge is 2.63. The van der Waals surface area contributed by atoms with Crippen LogP contribution in [0.1, 0.15) is 39.0 Å². The van der Waals surface area contributed by atoms with Gasteiger partial charge in [0.1, 0.15) is 5.41 Å². The largest absolute Gasteiger partial charge is 0.403 e. The maximum absolute atomic E-state index is 13.1. The van der Waals surface area contributed by atoms with E-state index in [2.05, 4.69) is 10.2 Å². The minimum absolute atomic E-state index is 0.0711. The van der Waals surface area contributed by atoms with Gasteiger partial charge in [-0.3, -0.25) is 4.79 Å². The Balaban J connectivity index is 2.04. The van der Waals surface area contributed by atoms with E-state index >= 15 is 0 Å². The highest BCUT2D eigenvalue weighted by Crippen LogP contribution is 2.53. The SMILES string of the molecule is CN1CCC(C)(NC(=O)C2(C(F)(F)F)CCC2)CC1. The van der Waals surface area contributed by atoms with Gasteiger partial charge in [-0.1, -0.05) is 6.42 Å². The molecule has 1 heterocycles. The van der Waals surface area contributed by atoms with Gasteiger partial charge in [0.25, 0.3) is 0 Å². The summed E-state index contributed by atoms with van der Waals surface area (Å²) in [7, 11) is 1.98. The first-order chi connectivity index (χ1) is 8.69. The first-order valence-corrected chi connectivity index (χ1v) is 6.76. The van der Waals surface area contributed by atoms with E-state index in [-0.39, 0.29) is 12.8 Å². The van der Waals surface area contributed by atoms with E-state index in [4.69, 9.17) is 0 Å². The number of piperidine rings is 1. The number of amides is 1. The predicted molar refractivity (Wildman–Crippen MR) is 65.6 cm³/mol. The van der Waals surface area contributed by atoms with Crippen LogP contribution in [0.15, 0.2) is 0 Å². The number of hydrogen-bond acceptors (Lipinski definition) is 2. The zero-order chi connectivity index (χ0) is 14.3. The van der Waals surface area contributed by atoms with Gasteiger partial charge in [-0.25, -0.2) is 0 Å². The van der Waals surface area contributed by atoms with E-state index < -0.39 is 23.0 Å². The van der Waals surface area contributed by atoms with Crippen molar-refractivity contribution in [3.63, 3.8) is 0 Å². The third kappa shape index (κ3) is 2.59. The molecule has 1 aliphatic carbocycles. The van der Waals surface area contributed by atoms with Crippen molar-refractivity contribution in [3.8, 4) is 0 Å². The van der Waals surface area contributed by atoms with Crippen LogP contribution < -0.4 is 5.32 Å². The molecule has 0 aromatic heterocycles. The van der Waals surface area contributed by atoms with Gasteiger partial charge < -0.3 is 10.2 Å². The Morgan fingerprint density at radius 2 is 1.68 bits per heavy atom. The summed E-state index contributed by atoms with van der Waals surface area (Å²) >= 11 is 0. The Labute approximate surface area is 111 Å². The average molecular weight is 278 g/mol. The van der Waals surface area contributed by atoms with Gasteiger partial charge in [0.05, 0.1) is 0 Å². The minimum atomic E-state index is -4.43. The number of nitrogens with zero attached hydrogens (tertiary/aromatic N) is 1. The number of halogens is 3. The molecule has 0 atom stereocenters. The molecule has 3 nitrogen and oxygen atoms in total. The molecule has 2 aliphatic rings. The molecule has 0 aromatic rings. The summed E-state index contributed by atoms with van der Waals surface area (Å²) in [5.41, 5.74) is -2.63. The predicted octanol–water partition coefficient (Wildman–Crippen LogP) is 2.32. The number of alkyl halides is 3. The Bertz CT molecular complexity index is 355. The third-order valence-electron chi connectivity index (χ3n) is 4.69. The summed E-state index contributed by atoms with van der Waals surface area (Å²) in [4.78, 5) is 14.2. The Morgan fingerprint density at radius 1 is 1.16 bits per heavy atom. The van der Waals surface area contributed by atoms with Crippen molar-refractivity contribution in [3.05, 3.63) is 0 Å². The lowest BCUT2D eigenvalue weighted by Crippen LogP contribution is -2.61. The zero-order valence-corrected chi connectivity index (χ0v) is 11.4. The fraction of sp³-hybridized carbons (Fsp3) is 0.923. The molecule has 6 heteroatoms. The van der Waals surface area contributed by atoms with Crippen LogP contribution in [0.5, 0.6) is 0 Å². The smallest absolute Gasteiger partial charge is 0.350 e. The fourth-order valence-corrected chi connectivity index (χ4v) is 2.80. The molecule has 2 rings (SSSR count). The molecule has 0 aromatic carbocycles. The standard InChI is InChI=1S/C13H21F3N2O/c1-11(6-8-18(2)9-7-11)17-10(19)12(4-3-5-12)13(14,15)16/h3-9H2,1-2H3,(H,17,19). The molecule has 1 saturated carbocycles. The number of likely N-dealkylation sites (tertiary alicyclic amines) is 1. The highest BCUT2D eigenvalue weighted by molar-refractivity contribution is 5.85. The Hall–Kier alpha value is -0.780. The number of nitrogens with one attached hydrogen (secondary N) is 1. The second kappa shape index (κ2) is 4.65. The van der Waals surface area contributed by atoms with Gasteiger partial charge in [0, 0.05) is 18.6 Å². The van der Waals surface area contributed by atoms with E-state index in [0.717, 1.165) is 13.1 Å². The summed E-state index contributed by atoms with van der Waals surface area (Å²) in [6.45, 7) is 3.45. The van der Waals surface area contributed by atoms with E-state index in [0.29, 0.717) is 19.3 Å². The van der Waals surface area contributed by atoms with Gasteiger partial charge in [0.2, 0.25) is 5.91 Å². The van der Waals surface area contributed by atoms with E-state index in [1.54, 1.807) is 0 Å². The number of carbonyl (C=O) groups excluding carboxylic acids is 1. The number of rotatable bonds is 2. The Morgan fingerprint density at radius 3 is 2.05 bits per heavy atom. The first kappa shape index (κ1) is 14.6. The normalized spacial score (nSPS) is 26.6. The summed E-state index contributed by atoms with van der Waals surface area (Å²) < 4.78 is 39.2. The molecular formula is C13H21F3N2O. The minimum Gasteiger partial charge on any atom is -0.350 e. The van der Waals surface area contributed by atoms with Crippen LogP contribution in [0.3, 0.4) is 0 Å². The molecule has 0 radical (unpaired) electrons. The highest BCUT2D eigenvalue weighted by atomic mass is 19.4. The van der Waals surface area contributed by atoms with Crippen molar-refractivity contribution in [1.29, 1.82) is 0 Å². The second-order valence-corrected chi connectivity index (χ2v) is 6.25. The lowest BCUT2D eigenvalue weighted by molar-refractivity contribution is -0.244. The maximum Gasteiger partial charge on any atom is 0.403 e. The van der Waals surface area contributed by atoms with Crippen molar-refractivity contribution in [2.75, 3.05) is 20.1 Å². The van der Waals surface area contributed by atoms with E-state index in [1.807, 2.05) is 14.0 Å². The third-order valence-corrected chi connectivity index (χ3v) is 4.69. The van der Waals surface area contributed by atoms with E-state index in [1.165, 1.54) is 0 Å². The molecule has 1 N–H and O–H groups in total.